The van der Waals surface area contributed by atoms with Gasteiger partial charge in [0.15, 0.2) is 0 Å². The number of rotatable bonds is 3. The highest BCUT2D eigenvalue weighted by molar-refractivity contribution is 5.97. The summed E-state index contributed by atoms with van der Waals surface area (Å²) < 4.78 is 5.04. The molecule has 1 atom stereocenters. The number of amides is 2. The maximum atomic E-state index is 12.0. The van der Waals surface area contributed by atoms with Crippen LogP contribution in [0.3, 0.4) is 0 Å². The first-order valence-electron chi connectivity index (χ1n) is 5.99. The highest BCUT2D eigenvalue weighted by Gasteiger charge is 2.32. The van der Waals surface area contributed by atoms with Crippen molar-refractivity contribution < 1.29 is 14.3 Å². The van der Waals surface area contributed by atoms with Crippen LogP contribution in [0.5, 0.6) is 5.75 Å². The van der Waals surface area contributed by atoms with Gasteiger partial charge in [-0.2, -0.15) is 0 Å². The third kappa shape index (κ3) is 3.33. The van der Waals surface area contributed by atoms with Crippen molar-refractivity contribution in [3.05, 3.63) is 18.2 Å². The predicted molar refractivity (Wildman–Crippen MR) is 79.0 cm³/mol. The molecule has 2 rings (SSSR count). The van der Waals surface area contributed by atoms with Crippen LogP contribution in [0.1, 0.15) is 6.42 Å². The lowest BCUT2D eigenvalue weighted by Crippen LogP contribution is -2.25. The molecule has 1 saturated heterocycles. The largest absolute Gasteiger partial charge is 0.495 e. The number of nitrogen functional groups attached to an aromatic ring is 1. The fourth-order valence-electron chi connectivity index (χ4n) is 2.10. The third-order valence-corrected chi connectivity index (χ3v) is 3.21. The van der Waals surface area contributed by atoms with Gasteiger partial charge in [0.05, 0.1) is 18.7 Å². The molecule has 110 valence electrons. The molecule has 0 aromatic heterocycles. The molecule has 1 aliphatic rings. The van der Waals surface area contributed by atoms with Crippen molar-refractivity contribution in [3.8, 4) is 5.75 Å². The van der Waals surface area contributed by atoms with Crippen molar-refractivity contribution in [3.63, 3.8) is 0 Å². The van der Waals surface area contributed by atoms with Gasteiger partial charge >= 0.3 is 0 Å². The molecule has 6 nitrogen and oxygen atoms in total. The average molecular weight is 300 g/mol. The molecule has 3 N–H and O–H groups in total. The van der Waals surface area contributed by atoms with E-state index in [0.29, 0.717) is 23.7 Å². The average Bonchev–Trinajstić information content (AvgIpc) is 2.70. The fraction of sp³-hybridized carbons (Fsp3) is 0.385. The van der Waals surface area contributed by atoms with Crippen molar-refractivity contribution >= 4 is 35.6 Å². The Balaban J connectivity index is 0.00000200. The Kier molecular flexibility index (Phi) is 5.21. The van der Waals surface area contributed by atoms with Crippen LogP contribution in [-0.2, 0) is 9.59 Å². The second-order valence-electron chi connectivity index (χ2n) is 4.62. The summed E-state index contributed by atoms with van der Waals surface area (Å²) in [6.45, 7) is 0.455. The lowest BCUT2D eigenvalue weighted by molar-refractivity contribution is -0.127. The molecule has 7 heteroatoms. The number of carbonyl (C=O) groups excluding carboxylic acids is 2. The van der Waals surface area contributed by atoms with Crippen LogP contribution in [0.4, 0.5) is 11.4 Å². The van der Waals surface area contributed by atoms with E-state index < -0.39 is 0 Å². The van der Waals surface area contributed by atoms with Crippen LogP contribution in [-0.4, -0.2) is 37.4 Å². The molecular weight excluding hydrogens is 282 g/mol. The zero-order valence-corrected chi connectivity index (χ0v) is 12.2. The molecule has 0 spiro atoms. The molecule has 1 aliphatic heterocycles. The number of hydrogen-bond donors (Lipinski definition) is 2. The molecule has 0 bridgehead atoms. The van der Waals surface area contributed by atoms with E-state index >= 15 is 0 Å². The van der Waals surface area contributed by atoms with E-state index in [0.717, 1.165) is 0 Å². The van der Waals surface area contributed by atoms with E-state index in [1.807, 2.05) is 0 Å². The zero-order valence-electron chi connectivity index (χ0n) is 11.4. The van der Waals surface area contributed by atoms with Crippen LogP contribution in [0, 0.1) is 5.92 Å². The Morgan fingerprint density at radius 3 is 2.70 bits per heavy atom. The minimum Gasteiger partial charge on any atom is -0.495 e. The molecule has 1 unspecified atom stereocenters. The van der Waals surface area contributed by atoms with E-state index in [1.165, 1.54) is 7.11 Å². The first-order chi connectivity index (χ1) is 9.01. The molecule has 2 amide bonds. The number of benzene rings is 1. The van der Waals surface area contributed by atoms with Crippen LogP contribution < -0.4 is 15.8 Å². The summed E-state index contributed by atoms with van der Waals surface area (Å²) in [7, 11) is 3.23. The number of hydrogen-bond acceptors (Lipinski definition) is 4. The SMILES string of the molecule is COc1ccc(NC(=O)C2CC(=O)N(C)C2)cc1N.Cl. The van der Waals surface area contributed by atoms with Gasteiger partial charge in [0.2, 0.25) is 11.8 Å². The number of halogens is 1. The van der Waals surface area contributed by atoms with Crippen molar-refractivity contribution in [2.45, 2.75) is 6.42 Å². The molecule has 20 heavy (non-hydrogen) atoms. The van der Waals surface area contributed by atoms with Gasteiger partial charge in [-0.1, -0.05) is 0 Å². The van der Waals surface area contributed by atoms with Gasteiger partial charge < -0.3 is 20.7 Å². The summed E-state index contributed by atoms with van der Waals surface area (Å²) in [6.07, 6.45) is 0.258. The number of methoxy groups -OCH3 is 1. The van der Waals surface area contributed by atoms with Gasteiger partial charge in [-0.15, -0.1) is 12.4 Å². The van der Waals surface area contributed by atoms with Crippen LogP contribution in [0.15, 0.2) is 18.2 Å². The molecule has 1 fully saturated rings. The Hall–Kier alpha value is -1.95. The Morgan fingerprint density at radius 2 is 2.20 bits per heavy atom. The van der Waals surface area contributed by atoms with Crippen molar-refractivity contribution in [2.75, 3.05) is 31.8 Å². The fourth-order valence-corrected chi connectivity index (χ4v) is 2.10. The monoisotopic (exact) mass is 299 g/mol. The van der Waals surface area contributed by atoms with Gasteiger partial charge in [-0.05, 0) is 18.2 Å². The smallest absolute Gasteiger partial charge is 0.229 e. The second kappa shape index (κ2) is 6.47. The minimum atomic E-state index is -0.305. The topological polar surface area (TPSA) is 84.7 Å². The molecule has 0 saturated carbocycles. The van der Waals surface area contributed by atoms with Gasteiger partial charge in [-0.25, -0.2) is 0 Å². The van der Waals surface area contributed by atoms with E-state index in [4.69, 9.17) is 10.5 Å². The molecule has 0 aliphatic carbocycles. The first kappa shape index (κ1) is 16.1. The van der Waals surface area contributed by atoms with Crippen molar-refractivity contribution in [1.29, 1.82) is 0 Å². The third-order valence-electron chi connectivity index (χ3n) is 3.21. The standard InChI is InChI=1S/C13H17N3O3.ClH/c1-16-7-8(5-12(16)17)13(18)15-9-3-4-11(19-2)10(14)6-9;/h3-4,6,8H,5,7,14H2,1-2H3,(H,15,18);1H. The molecule has 1 aromatic carbocycles. The Bertz CT molecular complexity index is 522. The number of nitrogens with zero attached hydrogens (tertiary/aromatic N) is 1. The normalized spacial score (nSPS) is 17.6. The predicted octanol–water partition coefficient (Wildman–Crippen LogP) is 1.12. The number of carbonyl (C=O) groups is 2. The quantitative estimate of drug-likeness (QED) is 0.819. The highest BCUT2D eigenvalue weighted by atomic mass is 35.5. The summed E-state index contributed by atoms with van der Waals surface area (Å²) in [4.78, 5) is 25.0. The summed E-state index contributed by atoms with van der Waals surface area (Å²) in [5, 5.41) is 2.76. The van der Waals surface area contributed by atoms with Gasteiger partial charge in [0.1, 0.15) is 5.75 Å². The lowest BCUT2D eigenvalue weighted by Gasteiger charge is -2.12. The van der Waals surface area contributed by atoms with E-state index in [1.54, 1.807) is 30.1 Å². The van der Waals surface area contributed by atoms with E-state index in [2.05, 4.69) is 5.32 Å². The summed E-state index contributed by atoms with van der Waals surface area (Å²) in [6, 6.07) is 5.04. The second-order valence-corrected chi connectivity index (χ2v) is 4.62. The number of nitrogens with two attached hydrogens (primary N) is 1. The molecular formula is C13H18ClN3O3. The lowest BCUT2D eigenvalue weighted by atomic mass is 10.1. The van der Waals surface area contributed by atoms with Gasteiger partial charge in [-0.3, -0.25) is 9.59 Å². The van der Waals surface area contributed by atoms with E-state index in [9.17, 15) is 9.59 Å². The maximum Gasteiger partial charge on any atom is 0.229 e. The van der Waals surface area contributed by atoms with E-state index in [-0.39, 0.29) is 36.6 Å². The van der Waals surface area contributed by atoms with Crippen LogP contribution in [0.25, 0.3) is 0 Å². The summed E-state index contributed by atoms with van der Waals surface area (Å²) in [5.41, 5.74) is 6.83. The molecule has 1 heterocycles. The van der Waals surface area contributed by atoms with Gasteiger partial charge in [0, 0.05) is 25.7 Å². The molecule has 0 radical (unpaired) electrons. The zero-order chi connectivity index (χ0) is 14.0. The molecule has 1 aromatic rings. The summed E-state index contributed by atoms with van der Waals surface area (Å²) >= 11 is 0. The van der Waals surface area contributed by atoms with Gasteiger partial charge in [0.25, 0.3) is 0 Å². The van der Waals surface area contributed by atoms with Crippen LogP contribution in [0.2, 0.25) is 0 Å². The number of nitrogens with one attached hydrogen (secondary N) is 1. The first-order valence-corrected chi connectivity index (χ1v) is 5.99. The Morgan fingerprint density at radius 1 is 1.50 bits per heavy atom. The summed E-state index contributed by atoms with van der Waals surface area (Å²) in [5.74, 6) is 0.0891. The number of likely N-dealkylation sites (tertiary alicyclic amines) is 1. The number of anilines is 2. The maximum absolute atomic E-state index is 12.0. The van der Waals surface area contributed by atoms with Crippen molar-refractivity contribution in [1.82, 2.24) is 4.90 Å². The number of ether oxygens (including phenoxy) is 1. The van der Waals surface area contributed by atoms with Crippen molar-refractivity contribution in [2.24, 2.45) is 5.92 Å². The minimum absolute atomic E-state index is 0. The highest BCUT2D eigenvalue weighted by Crippen LogP contribution is 2.25. The van der Waals surface area contributed by atoms with Crippen LogP contribution >= 0.6 is 12.4 Å². The Labute approximate surface area is 123 Å².